The summed E-state index contributed by atoms with van der Waals surface area (Å²) in [6.07, 6.45) is 2.06. The summed E-state index contributed by atoms with van der Waals surface area (Å²) >= 11 is 6.58. The van der Waals surface area contributed by atoms with Gasteiger partial charge in [-0.3, -0.25) is 4.90 Å². The number of aromatic hydroxyl groups is 1. The van der Waals surface area contributed by atoms with Gasteiger partial charge >= 0.3 is 5.97 Å². The number of hydrogen-bond donors (Lipinski definition) is 2. The molecule has 0 aliphatic heterocycles. The molecule has 0 aliphatic rings. The van der Waals surface area contributed by atoms with Gasteiger partial charge in [0.1, 0.15) is 11.6 Å². The molecular weight excluding hydrogens is 546 g/mol. The Morgan fingerprint density at radius 1 is 0.857 bits per heavy atom. The molecule has 6 nitrogen and oxygen atoms in total. The molecule has 0 fully saturated rings. The van der Waals surface area contributed by atoms with Crippen LogP contribution >= 0.6 is 11.6 Å². The Bertz CT molecular complexity index is 1630. The second kappa shape index (κ2) is 13.5. The van der Waals surface area contributed by atoms with E-state index in [0.29, 0.717) is 24.7 Å². The molecule has 4 aromatic carbocycles. The molecule has 2 N–H and O–H groups in total. The van der Waals surface area contributed by atoms with Crippen molar-refractivity contribution in [3.05, 3.63) is 131 Å². The van der Waals surface area contributed by atoms with Crippen LogP contribution in [0, 0.1) is 0 Å². The van der Waals surface area contributed by atoms with Crippen LogP contribution < -0.4 is 0 Å². The van der Waals surface area contributed by atoms with Gasteiger partial charge in [0.2, 0.25) is 0 Å². The number of rotatable bonds is 12. The summed E-state index contributed by atoms with van der Waals surface area (Å²) in [5, 5.41) is 19.8. The number of carboxylic acids is 1. The SMILES string of the molecule is CCCCn1c(-c2ccccc2)nc(-c2ccccc2)c1CN(Cc1ccc(C(=O)O)cc1)Cc1ccc(O)cc1Cl. The Morgan fingerprint density at radius 2 is 1.52 bits per heavy atom. The van der Waals surface area contributed by atoms with Crippen molar-refractivity contribution in [2.75, 3.05) is 0 Å². The van der Waals surface area contributed by atoms with Gasteiger partial charge in [0.25, 0.3) is 0 Å². The summed E-state index contributed by atoms with van der Waals surface area (Å²) in [7, 11) is 0. The molecule has 0 atom stereocenters. The van der Waals surface area contributed by atoms with Crippen molar-refractivity contribution in [2.45, 2.75) is 45.9 Å². The lowest BCUT2D eigenvalue weighted by molar-refractivity contribution is 0.0697. The maximum Gasteiger partial charge on any atom is 0.335 e. The summed E-state index contributed by atoms with van der Waals surface area (Å²) < 4.78 is 2.35. The van der Waals surface area contributed by atoms with Crippen molar-refractivity contribution < 1.29 is 15.0 Å². The second-order valence-corrected chi connectivity index (χ2v) is 10.8. The molecule has 5 aromatic rings. The first-order chi connectivity index (χ1) is 20.4. The predicted octanol–water partition coefficient (Wildman–Crippen LogP) is 8.28. The van der Waals surface area contributed by atoms with E-state index >= 15 is 0 Å². The molecule has 42 heavy (non-hydrogen) atoms. The zero-order chi connectivity index (χ0) is 29.5. The maximum atomic E-state index is 11.4. The van der Waals surface area contributed by atoms with Gasteiger partial charge in [-0.2, -0.15) is 0 Å². The maximum absolute atomic E-state index is 11.4. The van der Waals surface area contributed by atoms with Gasteiger partial charge in [-0.15, -0.1) is 0 Å². The Kier molecular flexibility index (Phi) is 9.37. The molecule has 0 saturated heterocycles. The lowest BCUT2D eigenvalue weighted by Crippen LogP contribution is -2.25. The summed E-state index contributed by atoms with van der Waals surface area (Å²) in [6.45, 7) is 4.68. The zero-order valence-electron chi connectivity index (χ0n) is 23.6. The van der Waals surface area contributed by atoms with Gasteiger partial charge in [0.15, 0.2) is 0 Å². The van der Waals surface area contributed by atoms with E-state index in [-0.39, 0.29) is 11.3 Å². The predicted molar refractivity (Wildman–Crippen MR) is 167 cm³/mol. The number of nitrogens with zero attached hydrogens (tertiary/aromatic N) is 3. The molecule has 0 bridgehead atoms. The number of aromatic carboxylic acids is 1. The van der Waals surface area contributed by atoms with Crippen molar-refractivity contribution in [3.63, 3.8) is 0 Å². The number of carbonyl (C=O) groups is 1. The van der Waals surface area contributed by atoms with E-state index in [1.165, 1.54) is 0 Å². The number of phenols is 1. The van der Waals surface area contributed by atoms with E-state index in [1.54, 1.807) is 24.3 Å². The second-order valence-electron chi connectivity index (χ2n) is 10.4. The van der Waals surface area contributed by atoms with Crippen molar-refractivity contribution in [1.82, 2.24) is 14.5 Å². The van der Waals surface area contributed by atoms with Crippen LogP contribution in [0.2, 0.25) is 5.02 Å². The third-order valence-electron chi connectivity index (χ3n) is 7.30. The standard InChI is InChI=1S/C35H34ClN3O3/c1-2-3-20-39-32(33(26-10-6-4-7-11-26)37-34(39)27-12-8-5-9-13-27)24-38(23-29-18-19-30(40)21-31(29)36)22-25-14-16-28(17-15-25)35(41)42/h4-19,21,40H,2-3,20,22-24H2,1H3,(H,41,42). The molecule has 0 amide bonds. The van der Waals surface area contributed by atoms with Gasteiger partial charge in [0, 0.05) is 42.3 Å². The molecule has 1 aromatic heterocycles. The van der Waals surface area contributed by atoms with Crippen LogP contribution in [0.25, 0.3) is 22.6 Å². The number of hydrogen-bond acceptors (Lipinski definition) is 4. The van der Waals surface area contributed by atoms with Gasteiger partial charge in [-0.25, -0.2) is 9.78 Å². The summed E-state index contributed by atoms with van der Waals surface area (Å²) in [5.41, 5.74) is 6.28. The Morgan fingerprint density at radius 3 is 2.14 bits per heavy atom. The highest BCUT2D eigenvalue weighted by molar-refractivity contribution is 6.31. The average molecular weight is 580 g/mol. The van der Waals surface area contributed by atoms with Crippen LogP contribution in [0.15, 0.2) is 103 Å². The monoisotopic (exact) mass is 579 g/mol. The minimum Gasteiger partial charge on any atom is -0.508 e. The van der Waals surface area contributed by atoms with Crippen LogP contribution in [0.5, 0.6) is 5.75 Å². The number of halogens is 1. The Hall–Kier alpha value is -4.39. The van der Waals surface area contributed by atoms with Crippen LogP contribution in [0.1, 0.15) is 46.9 Å². The molecule has 214 valence electrons. The highest BCUT2D eigenvalue weighted by Crippen LogP contribution is 2.32. The molecule has 1 heterocycles. The molecule has 0 spiro atoms. The fourth-order valence-electron chi connectivity index (χ4n) is 5.13. The third-order valence-corrected chi connectivity index (χ3v) is 7.65. The smallest absolute Gasteiger partial charge is 0.335 e. The minimum absolute atomic E-state index is 0.121. The lowest BCUT2D eigenvalue weighted by Gasteiger charge is -2.25. The summed E-state index contributed by atoms with van der Waals surface area (Å²) in [6, 6.07) is 32.6. The van der Waals surface area contributed by atoms with Crippen LogP contribution in [-0.4, -0.2) is 30.6 Å². The first-order valence-electron chi connectivity index (χ1n) is 14.1. The normalized spacial score (nSPS) is 11.2. The highest BCUT2D eigenvalue weighted by Gasteiger charge is 2.22. The van der Waals surface area contributed by atoms with Crippen molar-refractivity contribution in [2.24, 2.45) is 0 Å². The van der Waals surface area contributed by atoms with E-state index in [9.17, 15) is 15.0 Å². The Balaban J connectivity index is 1.61. The number of unbranched alkanes of at least 4 members (excludes halogenated alkanes) is 1. The van der Waals surface area contributed by atoms with Crippen molar-refractivity contribution in [1.29, 1.82) is 0 Å². The van der Waals surface area contributed by atoms with Crippen molar-refractivity contribution >= 4 is 17.6 Å². The molecule has 5 rings (SSSR count). The third kappa shape index (κ3) is 6.90. The van der Waals surface area contributed by atoms with Crippen molar-refractivity contribution in [3.8, 4) is 28.4 Å². The fraction of sp³-hybridized carbons (Fsp3) is 0.200. The first kappa shape index (κ1) is 29.1. The fourth-order valence-corrected chi connectivity index (χ4v) is 5.37. The number of carboxylic acid groups (broad SMARTS) is 1. The van der Waals surface area contributed by atoms with Gasteiger partial charge < -0.3 is 14.8 Å². The van der Waals surface area contributed by atoms with Gasteiger partial charge in [0.05, 0.1) is 17.0 Å². The van der Waals surface area contributed by atoms with E-state index in [2.05, 4.69) is 40.7 Å². The molecule has 0 radical (unpaired) electrons. The van der Waals surface area contributed by atoms with Gasteiger partial charge in [-0.1, -0.05) is 104 Å². The van der Waals surface area contributed by atoms with E-state index in [4.69, 9.17) is 16.6 Å². The topological polar surface area (TPSA) is 78.6 Å². The molecule has 7 heteroatoms. The number of aromatic nitrogens is 2. The zero-order valence-corrected chi connectivity index (χ0v) is 24.3. The van der Waals surface area contributed by atoms with Gasteiger partial charge in [-0.05, 0) is 41.8 Å². The largest absolute Gasteiger partial charge is 0.508 e. The highest BCUT2D eigenvalue weighted by atomic mass is 35.5. The van der Waals surface area contributed by atoms with Crippen LogP contribution in [0.4, 0.5) is 0 Å². The summed E-state index contributed by atoms with van der Waals surface area (Å²) in [4.78, 5) is 19.0. The van der Waals surface area contributed by atoms with E-state index < -0.39 is 5.97 Å². The molecule has 0 aliphatic carbocycles. The van der Waals surface area contributed by atoms with Crippen LogP contribution in [-0.2, 0) is 26.2 Å². The number of benzene rings is 4. The van der Waals surface area contributed by atoms with Crippen LogP contribution in [0.3, 0.4) is 0 Å². The summed E-state index contributed by atoms with van der Waals surface area (Å²) in [5.74, 6) is 0.109. The molecule has 0 unspecified atom stereocenters. The number of phenolic OH excluding ortho intramolecular Hbond substituents is 1. The Labute approximate surface area is 251 Å². The van der Waals surface area contributed by atoms with E-state index in [1.807, 2.05) is 54.6 Å². The molecular formula is C35H34ClN3O3. The average Bonchev–Trinajstić information content (AvgIpc) is 3.36. The van der Waals surface area contributed by atoms with E-state index in [0.717, 1.165) is 58.9 Å². The molecule has 0 saturated carbocycles. The minimum atomic E-state index is -0.949. The quantitative estimate of drug-likeness (QED) is 0.155. The first-order valence-corrected chi connectivity index (χ1v) is 14.5. The number of imidazole rings is 1. The lowest BCUT2D eigenvalue weighted by atomic mass is 10.1.